The summed E-state index contributed by atoms with van der Waals surface area (Å²) in [7, 11) is 1.37. The second-order valence-corrected chi connectivity index (χ2v) is 5.94. The zero-order chi connectivity index (χ0) is 16.1. The molecule has 1 aliphatic heterocycles. The maximum atomic E-state index is 12.2. The van der Waals surface area contributed by atoms with Crippen molar-refractivity contribution >= 4 is 24.3 Å². The molecule has 1 aromatic rings. The predicted molar refractivity (Wildman–Crippen MR) is 91.7 cm³/mol. The number of hydrogen-bond donors (Lipinski definition) is 2. The van der Waals surface area contributed by atoms with E-state index in [0.717, 1.165) is 24.2 Å². The number of halogens is 1. The van der Waals surface area contributed by atoms with Gasteiger partial charge < -0.3 is 15.4 Å². The van der Waals surface area contributed by atoms with Gasteiger partial charge in [-0.15, -0.1) is 12.4 Å². The quantitative estimate of drug-likeness (QED) is 0.773. The molecule has 1 aromatic carbocycles. The molecule has 0 aliphatic carbocycles. The second-order valence-electron chi connectivity index (χ2n) is 5.94. The molecular weight excluding hydrogens is 316 g/mol. The van der Waals surface area contributed by atoms with Crippen LogP contribution in [-0.4, -0.2) is 38.6 Å². The van der Waals surface area contributed by atoms with E-state index in [2.05, 4.69) is 10.6 Å². The average molecular weight is 341 g/mol. The number of amides is 1. The second kappa shape index (κ2) is 8.89. The number of carbonyl (C=O) groups excluding carboxylic acids is 2. The molecule has 1 fully saturated rings. The molecule has 0 spiro atoms. The summed E-state index contributed by atoms with van der Waals surface area (Å²) in [6.07, 6.45) is 0. The van der Waals surface area contributed by atoms with E-state index in [1.807, 2.05) is 38.1 Å². The van der Waals surface area contributed by atoms with E-state index in [9.17, 15) is 9.59 Å². The zero-order valence-electron chi connectivity index (χ0n) is 13.8. The molecule has 2 rings (SSSR count). The summed E-state index contributed by atoms with van der Waals surface area (Å²) in [5.41, 5.74) is 1.98. The lowest BCUT2D eigenvalue weighted by Gasteiger charge is -2.32. The number of methoxy groups -OCH3 is 1. The van der Waals surface area contributed by atoms with Crippen molar-refractivity contribution in [3.05, 3.63) is 35.4 Å². The maximum Gasteiger partial charge on any atom is 0.314 e. The average Bonchev–Trinajstić information content (AvgIpc) is 2.46. The lowest BCUT2D eigenvalue weighted by molar-refractivity contribution is -0.142. The number of aryl methyl sites for hydroxylation is 1. The van der Waals surface area contributed by atoms with Gasteiger partial charge in [0, 0.05) is 12.5 Å². The molecule has 2 N–H and O–H groups in total. The summed E-state index contributed by atoms with van der Waals surface area (Å²) >= 11 is 0. The summed E-state index contributed by atoms with van der Waals surface area (Å²) in [5.74, 6) is -0.468. The number of ether oxygens (including phenoxy) is 1. The van der Waals surface area contributed by atoms with Crippen molar-refractivity contribution in [2.45, 2.75) is 19.8 Å². The third-order valence-corrected chi connectivity index (χ3v) is 4.38. The Morgan fingerprint density at radius 2 is 1.91 bits per heavy atom. The predicted octanol–water partition coefficient (Wildman–Crippen LogP) is 1.65. The van der Waals surface area contributed by atoms with Crippen LogP contribution in [0.3, 0.4) is 0 Å². The van der Waals surface area contributed by atoms with Crippen molar-refractivity contribution in [1.82, 2.24) is 10.6 Å². The molecule has 1 heterocycles. The Kier molecular flexibility index (Phi) is 7.52. The number of esters is 1. The van der Waals surface area contributed by atoms with Gasteiger partial charge in [0.2, 0.25) is 5.91 Å². The van der Waals surface area contributed by atoms with Gasteiger partial charge in [0.25, 0.3) is 0 Å². The number of benzene rings is 1. The van der Waals surface area contributed by atoms with E-state index in [1.165, 1.54) is 7.11 Å². The molecule has 1 saturated heterocycles. The van der Waals surface area contributed by atoms with Crippen molar-refractivity contribution in [3.63, 3.8) is 0 Å². The van der Waals surface area contributed by atoms with E-state index in [4.69, 9.17) is 4.74 Å². The molecule has 0 aromatic heterocycles. The van der Waals surface area contributed by atoms with E-state index in [1.54, 1.807) is 0 Å². The number of nitrogens with one attached hydrogen (secondary N) is 2. The summed E-state index contributed by atoms with van der Waals surface area (Å²) in [5, 5.41) is 6.06. The molecule has 0 bridgehead atoms. The molecule has 2 unspecified atom stereocenters. The van der Waals surface area contributed by atoms with Gasteiger partial charge in [-0.1, -0.05) is 36.8 Å². The van der Waals surface area contributed by atoms with Crippen molar-refractivity contribution < 1.29 is 14.3 Å². The monoisotopic (exact) mass is 340 g/mol. The van der Waals surface area contributed by atoms with Crippen LogP contribution in [0.5, 0.6) is 0 Å². The summed E-state index contributed by atoms with van der Waals surface area (Å²) in [4.78, 5) is 24.2. The third kappa shape index (κ3) is 4.94. The Hall–Kier alpha value is -1.59. The van der Waals surface area contributed by atoms with Crippen LogP contribution in [0.4, 0.5) is 0 Å². The molecule has 2 atom stereocenters. The molecule has 128 valence electrons. The molecule has 0 radical (unpaired) electrons. The molecule has 6 heteroatoms. The van der Waals surface area contributed by atoms with Gasteiger partial charge in [-0.25, -0.2) is 0 Å². The van der Waals surface area contributed by atoms with Crippen LogP contribution < -0.4 is 10.6 Å². The normalized spacial score (nSPS) is 16.5. The van der Waals surface area contributed by atoms with Gasteiger partial charge in [0.1, 0.15) is 0 Å². The van der Waals surface area contributed by atoms with Crippen molar-refractivity contribution in [1.29, 1.82) is 0 Å². The molecule has 23 heavy (non-hydrogen) atoms. The first-order chi connectivity index (χ1) is 10.5. The fourth-order valence-electron chi connectivity index (χ4n) is 2.52. The molecule has 1 aliphatic rings. The molecule has 0 saturated carbocycles. The van der Waals surface area contributed by atoms with Gasteiger partial charge in [-0.05, 0) is 31.5 Å². The van der Waals surface area contributed by atoms with Crippen LogP contribution in [0.25, 0.3) is 0 Å². The van der Waals surface area contributed by atoms with Crippen molar-refractivity contribution in [2.75, 3.05) is 26.7 Å². The number of carbonyl (C=O) groups is 2. The van der Waals surface area contributed by atoms with Crippen LogP contribution in [0.1, 0.15) is 24.0 Å². The minimum absolute atomic E-state index is 0. The Morgan fingerprint density at radius 3 is 2.39 bits per heavy atom. The summed E-state index contributed by atoms with van der Waals surface area (Å²) < 4.78 is 4.87. The highest BCUT2D eigenvalue weighted by Crippen LogP contribution is 2.19. The lowest BCUT2D eigenvalue weighted by atomic mass is 9.88. The minimum Gasteiger partial charge on any atom is -0.468 e. The van der Waals surface area contributed by atoms with Crippen LogP contribution in [0.2, 0.25) is 0 Å². The molecule has 1 amide bonds. The van der Waals surface area contributed by atoms with Gasteiger partial charge in [0.05, 0.1) is 13.0 Å². The highest BCUT2D eigenvalue weighted by molar-refractivity contribution is 5.85. The smallest absolute Gasteiger partial charge is 0.314 e. The first-order valence-electron chi connectivity index (χ1n) is 7.65. The highest BCUT2D eigenvalue weighted by atomic mass is 35.5. The van der Waals surface area contributed by atoms with Crippen molar-refractivity contribution in [3.8, 4) is 0 Å². The van der Waals surface area contributed by atoms with Crippen LogP contribution in [0, 0.1) is 18.8 Å². The van der Waals surface area contributed by atoms with E-state index in [-0.39, 0.29) is 36.7 Å². The Balaban J connectivity index is 0.00000264. The number of rotatable bonds is 6. The van der Waals surface area contributed by atoms with E-state index >= 15 is 0 Å². The van der Waals surface area contributed by atoms with E-state index in [0.29, 0.717) is 5.92 Å². The maximum absolute atomic E-state index is 12.2. The third-order valence-electron chi connectivity index (χ3n) is 4.38. The molecule has 5 nitrogen and oxygen atoms in total. The highest BCUT2D eigenvalue weighted by Gasteiger charge is 2.30. The van der Waals surface area contributed by atoms with Gasteiger partial charge >= 0.3 is 5.97 Å². The van der Waals surface area contributed by atoms with E-state index < -0.39 is 5.92 Å². The first kappa shape index (κ1) is 19.5. The van der Waals surface area contributed by atoms with Gasteiger partial charge in [0.15, 0.2) is 0 Å². The standard InChI is InChI=1S/C17H24N2O3.ClH/c1-11-4-6-13(7-5-11)15(17(21)22-3)10-19-16(20)12(2)14-8-18-9-14;/h4-7,12,14-15,18H,8-10H2,1-3H3,(H,19,20);1H. The van der Waals surface area contributed by atoms with Crippen molar-refractivity contribution in [2.24, 2.45) is 11.8 Å². The van der Waals surface area contributed by atoms with Crippen LogP contribution in [0.15, 0.2) is 24.3 Å². The lowest BCUT2D eigenvalue weighted by Crippen LogP contribution is -2.50. The van der Waals surface area contributed by atoms with Crippen LogP contribution >= 0.6 is 12.4 Å². The first-order valence-corrected chi connectivity index (χ1v) is 7.65. The Bertz CT molecular complexity index is 529. The Morgan fingerprint density at radius 1 is 1.30 bits per heavy atom. The minimum atomic E-state index is -0.471. The zero-order valence-corrected chi connectivity index (χ0v) is 14.6. The largest absolute Gasteiger partial charge is 0.468 e. The summed E-state index contributed by atoms with van der Waals surface area (Å²) in [6, 6.07) is 7.72. The van der Waals surface area contributed by atoms with Gasteiger partial charge in [-0.2, -0.15) is 0 Å². The van der Waals surface area contributed by atoms with Crippen LogP contribution in [-0.2, 0) is 14.3 Å². The SMILES string of the molecule is COC(=O)C(CNC(=O)C(C)C1CNC1)c1ccc(C)cc1.Cl. The fraction of sp³-hybridized carbons (Fsp3) is 0.529. The van der Waals surface area contributed by atoms with Gasteiger partial charge in [-0.3, -0.25) is 9.59 Å². The fourth-order valence-corrected chi connectivity index (χ4v) is 2.52. The molecular formula is C17H25ClN2O3. The Labute approximate surface area is 143 Å². The number of hydrogen-bond acceptors (Lipinski definition) is 4. The summed E-state index contributed by atoms with van der Waals surface area (Å²) in [6.45, 7) is 5.95. The topological polar surface area (TPSA) is 67.4 Å².